The first-order chi connectivity index (χ1) is 11.6. The minimum absolute atomic E-state index is 0.0127. The fourth-order valence-corrected chi connectivity index (χ4v) is 3.91. The lowest BCUT2D eigenvalue weighted by atomic mass is 10.0. The van der Waals surface area contributed by atoms with Crippen LogP contribution in [-0.2, 0) is 16.1 Å². The van der Waals surface area contributed by atoms with Crippen molar-refractivity contribution in [3.63, 3.8) is 0 Å². The molecule has 2 saturated heterocycles. The molecule has 24 heavy (non-hydrogen) atoms. The maximum atomic E-state index is 13.0. The fourth-order valence-electron chi connectivity index (χ4n) is 3.91. The van der Waals surface area contributed by atoms with Crippen molar-refractivity contribution in [3.05, 3.63) is 35.9 Å². The Morgan fingerprint density at radius 2 is 1.88 bits per heavy atom. The SMILES string of the molecule is CC(=O)N[C@@H]1CCCN(C(=O)[C@@H]2CCCN2Cc2ccccc2)C1. The second-order valence-electron chi connectivity index (χ2n) is 6.94. The van der Waals surface area contributed by atoms with Crippen LogP contribution in [0.4, 0.5) is 0 Å². The molecule has 1 aromatic rings. The van der Waals surface area contributed by atoms with E-state index in [0.29, 0.717) is 6.54 Å². The molecule has 3 rings (SSSR count). The minimum Gasteiger partial charge on any atom is -0.352 e. The highest BCUT2D eigenvalue weighted by Gasteiger charge is 2.35. The summed E-state index contributed by atoms with van der Waals surface area (Å²) in [5, 5.41) is 2.96. The van der Waals surface area contributed by atoms with Crippen LogP contribution in [-0.4, -0.2) is 53.3 Å². The third-order valence-corrected chi connectivity index (χ3v) is 5.02. The molecular weight excluding hydrogens is 302 g/mol. The number of piperidine rings is 1. The summed E-state index contributed by atoms with van der Waals surface area (Å²) >= 11 is 0. The first kappa shape index (κ1) is 17.0. The smallest absolute Gasteiger partial charge is 0.240 e. The van der Waals surface area contributed by atoms with E-state index in [-0.39, 0.29) is 23.9 Å². The summed E-state index contributed by atoms with van der Waals surface area (Å²) in [6, 6.07) is 10.4. The number of amides is 2. The van der Waals surface area contributed by atoms with Crippen molar-refractivity contribution in [2.24, 2.45) is 0 Å². The number of nitrogens with one attached hydrogen (secondary N) is 1. The van der Waals surface area contributed by atoms with E-state index in [2.05, 4.69) is 22.3 Å². The lowest BCUT2D eigenvalue weighted by molar-refractivity contribution is -0.138. The van der Waals surface area contributed by atoms with E-state index < -0.39 is 0 Å². The highest BCUT2D eigenvalue weighted by Crippen LogP contribution is 2.23. The largest absolute Gasteiger partial charge is 0.352 e. The number of hydrogen-bond donors (Lipinski definition) is 1. The zero-order valence-corrected chi connectivity index (χ0v) is 14.4. The molecule has 5 heteroatoms. The zero-order valence-electron chi connectivity index (χ0n) is 14.4. The molecule has 0 bridgehead atoms. The Bertz CT molecular complexity index is 575. The molecule has 2 heterocycles. The van der Waals surface area contributed by atoms with Crippen LogP contribution in [0.3, 0.4) is 0 Å². The summed E-state index contributed by atoms with van der Waals surface area (Å²) in [6.45, 7) is 4.81. The maximum Gasteiger partial charge on any atom is 0.240 e. The molecule has 130 valence electrons. The van der Waals surface area contributed by atoms with Crippen molar-refractivity contribution in [1.29, 1.82) is 0 Å². The number of carbonyl (C=O) groups is 2. The number of benzene rings is 1. The van der Waals surface area contributed by atoms with E-state index in [1.54, 1.807) is 6.92 Å². The monoisotopic (exact) mass is 329 g/mol. The molecule has 0 unspecified atom stereocenters. The van der Waals surface area contributed by atoms with Crippen molar-refractivity contribution in [3.8, 4) is 0 Å². The number of carbonyl (C=O) groups excluding carboxylic acids is 2. The molecule has 2 aliphatic heterocycles. The highest BCUT2D eigenvalue weighted by molar-refractivity contribution is 5.82. The predicted octanol–water partition coefficient (Wildman–Crippen LogP) is 1.78. The molecule has 0 saturated carbocycles. The van der Waals surface area contributed by atoms with E-state index in [0.717, 1.165) is 45.3 Å². The van der Waals surface area contributed by atoms with Crippen molar-refractivity contribution >= 4 is 11.8 Å². The van der Waals surface area contributed by atoms with Gasteiger partial charge in [-0.15, -0.1) is 0 Å². The molecule has 2 atom stereocenters. The van der Waals surface area contributed by atoms with Gasteiger partial charge in [-0.3, -0.25) is 14.5 Å². The van der Waals surface area contributed by atoms with Crippen LogP contribution in [0.1, 0.15) is 38.2 Å². The van der Waals surface area contributed by atoms with Crippen molar-refractivity contribution in [1.82, 2.24) is 15.1 Å². The number of hydrogen-bond acceptors (Lipinski definition) is 3. The summed E-state index contributed by atoms with van der Waals surface area (Å²) in [4.78, 5) is 28.5. The third-order valence-electron chi connectivity index (χ3n) is 5.02. The summed E-state index contributed by atoms with van der Waals surface area (Å²) in [7, 11) is 0. The van der Waals surface area contributed by atoms with E-state index in [1.807, 2.05) is 23.1 Å². The minimum atomic E-state index is -0.0131. The molecular formula is C19H27N3O2. The van der Waals surface area contributed by atoms with Gasteiger partial charge in [-0.25, -0.2) is 0 Å². The lowest BCUT2D eigenvalue weighted by Gasteiger charge is -2.36. The van der Waals surface area contributed by atoms with Crippen LogP contribution in [0.2, 0.25) is 0 Å². The first-order valence-electron chi connectivity index (χ1n) is 8.97. The van der Waals surface area contributed by atoms with Gasteiger partial charge in [0.15, 0.2) is 0 Å². The van der Waals surface area contributed by atoms with Gasteiger partial charge in [0, 0.05) is 32.6 Å². The van der Waals surface area contributed by atoms with Crippen LogP contribution in [0.15, 0.2) is 30.3 Å². The van der Waals surface area contributed by atoms with Gasteiger partial charge in [-0.05, 0) is 37.8 Å². The fraction of sp³-hybridized carbons (Fsp3) is 0.579. The van der Waals surface area contributed by atoms with Gasteiger partial charge >= 0.3 is 0 Å². The summed E-state index contributed by atoms with van der Waals surface area (Å²) in [6.07, 6.45) is 3.93. The molecule has 0 spiro atoms. The molecule has 0 aliphatic carbocycles. The van der Waals surface area contributed by atoms with Crippen molar-refractivity contribution in [2.45, 2.75) is 51.2 Å². The van der Waals surface area contributed by atoms with E-state index in [4.69, 9.17) is 0 Å². The van der Waals surface area contributed by atoms with Crippen LogP contribution in [0, 0.1) is 0 Å². The molecule has 1 N–H and O–H groups in total. The Morgan fingerprint density at radius 1 is 1.12 bits per heavy atom. The highest BCUT2D eigenvalue weighted by atomic mass is 16.2. The Balaban J connectivity index is 1.61. The summed E-state index contributed by atoms with van der Waals surface area (Å²) in [5.41, 5.74) is 1.26. The maximum absolute atomic E-state index is 13.0. The van der Waals surface area contributed by atoms with Crippen LogP contribution < -0.4 is 5.32 Å². The van der Waals surface area contributed by atoms with Gasteiger partial charge < -0.3 is 10.2 Å². The molecule has 1 aromatic carbocycles. The second-order valence-corrected chi connectivity index (χ2v) is 6.94. The Morgan fingerprint density at radius 3 is 2.62 bits per heavy atom. The van der Waals surface area contributed by atoms with Gasteiger partial charge in [0.2, 0.25) is 11.8 Å². The van der Waals surface area contributed by atoms with Crippen LogP contribution >= 0.6 is 0 Å². The average Bonchev–Trinajstić information content (AvgIpc) is 3.03. The zero-order chi connectivity index (χ0) is 16.9. The molecule has 5 nitrogen and oxygen atoms in total. The quantitative estimate of drug-likeness (QED) is 0.916. The van der Waals surface area contributed by atoms with Gasteiger partial charge in [0.25, 0.3) is 0 Å². The second kappa shape index (κ2) is 7.79. The molecule has 2 amide bonds. The normalized spacial score (nSPS) is 24.8. The van der Waals surface area contributed by atoms with Crippen LogP contribution in [0.25, 0.3) is 0 Å². The van der Waals surface area contributed by atoms with Gasteiger partial charge in [-0.2, -0.15) is 0 Å². The lowest BCUT2D eigenvalue weighted by Crippen LogP contribution is -2.53. The van der Waals surface area contributed by atoms with Crippen molar-refractivity contribution in [2.75, 3.05) is 19.6 Å². The van der Waals surface area contributed by atoms with E-state index >= 15 is 0 Å². The number of likely N-dealkylation sites (tertiary alicyclic amines) is 2. The molecule has 2 fully saturated rings. The van der Waals surface area contributed by atoms with Crippen molar-refractivity contribution < 1.29 is 9.59 Å². The van der Waals surface area contributed by atoms with Crippen LogP contribution in [0.5, 0.6) is 0 Å². The molecule has 0 aromatic heterocycles. The summed E-state index contributed by atoms with van der Waals surface area (Å²) in [5.74, 6) is 0.222. The number of nitrogens with zero attached hydrogens (tertiary/aromatic N) is 2. The predicted molar refractivity (Wildman–Crippen MR) is 93.3 cm³/mol. The Labute approximate surface area is 144 Å². The van der Waals surface area contributed by atoms with E-state index in [1.165, 1.54) is 5.56 Å². The molecule has 0 radical (unpaired) electrons. The third kappa shape index (κ3) is 4.15. The topological polar surface area (TPSA) is 52.7 Å². The van der Waals surface area contributed by atoms with Gasteiger partial charge in [-0.1, -0.05) is 30.3 Å². The van der Waals surface area contributed by atoms with Gasteiger partial charge in [0.05, 0.1) is 6.04 Å². The Hall–Kier alpha value is -1.88. The van der Waals surface area contributed by atoms with Gasteiger partial charge in [0.1, 0.15) is 0 Å². The molecule has 2 aliphatic rings. The Kier molecular flexibility index (Phi) is 5.51. The standard InChI is InChI=1S/C19H27N3O2/c1-15(23)20-17-9-5-12-22(14-17)19(24)18-10-6-11-21(18)13-16-7-3-2-4-8-16/h2-4,7-8,17-18H,5-6,9-14H2,1H3,(H,20,23)/t17-,18+/m1/s1. The number of rotatable bonds is 4. The average molecular weight is 329 g/mol. The first-order valence-corrected chi connectivity index (χ1v) is 8.97. The summed E-state index contributed by atoms with van der Waals surface area (Å²) < 4.78 is 0. The van der Waals surface area contributed by atoms with E-state index in [9.17, 15) is 9.59 Å².